The van der Waals surface area contributed by atoms with E-state index in [9.17, 15) is 9.59 Å². The van der Waals surface area contributed by atoms with Crippen LogP contribution in [0.5, 0.6) is 0 Å². The number of carbonyl (C=O) groups excluding carboxylic acids is 1. The van der Waals surface area contributed by atoms with Crippen molar-refractivity contribution in [2.75, 3.05) is 13.1 Å². The first-order valence-electron chi connectivity index (χ1n) is 5.80. The lowest BCUT2D eigenvalue weighted by Crippen LogP contribution is -2.32. The molecule has 5 nitrogen and oxygen atoms in total. The highest BCUT2D eigenvalue weighted by Crippen LogP contribution is 2.18. The minimum atomic E-state index is -0.822. The largest absolute Gasteiger partial charge is 0.481 e. The van der Waals surface area contributed by atoms with E-state index in [0.29, 0.717) is 25.6 Å². The Kier molecular flexibility index (Phi) is 5.25. The van der Waals surface area contributed by atoms with Gasteiger partial charge in [-0.25, -0.2) is 0 Å². The highest BCUT2D eigenvalue weighted by molar-refractivity contribution is 5.76. The summed E-state index contributed by atoms with van der Waals surface area (Å²) >= 11 is 0. The van der Waals surface area contributed by atoms with Crippen molar-refractivity contribution in [2.24, 2.45) is 5.92 Å². The number of carbonyl (C=O) groups is 2. The molecule has 1 amide bonds. The molecule has 5 heteroatoms. The average Bonchev–Trinajstić information content (AvgIpc) is 2.97. The highest BCUT2D eigenvalue weighted by Gasteiger charge is 2.20. The van der Waals surface area contributed by atoms with Gasteiger partial charge in [0.15, 0.2) is 0 Å². The van der Waals surface area contributed by atoms with Crippen LogP contribution in [0.4, 0.5) is 0 Å². The number of carboxylic acid groups (broad SMARTS) is 1. The normalized spacial score (nSPS) is 16.8. The van der Waals surface area contributed by atoms with Crippen LogP contribution in [0.2, 0.25) is 0 Å². The van der Waals surface area contributed by atoms with E-state index in [1.165, 1.54) is 12.8 Å². The van der Waals surface area contributed by atoms with Gasteiger partial charge in [0, 0.05) is 32.0 Å². The van der Waals surface area contributed by atoms with Crippen LogP contribution in [0.25, 0.3) is 0 Å². The molecule has 92 valence electrons. The molecule has 0 saturated heterocycles. The number of rotatable bonds is 8. The first kappa shape index (κ1) is 13.0. The van der Waals surface area contributed by atoms with Crippen LogP contribution in [-0.2, 0) is 9.59 Å². The van der Waals surface area contributed by atoms with E-state index in [-0.39, 0.29) is 18.2 Å². The molecule has 1 rings (SSSR count). The predicted molar refractivity (Wildman–Crippen MR) is 60.1 cm³/mol. The predicted octanol–water partition coefficient (Wildman–Crippen LogP) is 0.355. The molecule has 0 bridgehead atoms. The zero-order valence-corrected chi connectivity index (χ0v) is 9.66. The number of nitrogens with one attached hydrogen (secondary N) is 2. The standard InChI is InChI=1S/C11H20N2O3/c1-8(6-11(15)16)7-13-10(14)4-5-12-9-2-3-9/h8-9,12H,2-7H2,1H3,(H,13,14)(H,15,16). The number of hydrogen-bond donors (Lipinski definition) is 3. The molecule has 1 atom stereocenters. The number of hydrogen-bond acceptors (Lipinski definition) is 3. The van der Waals surface area contributed by atoms with Gasteiger partial charge < -0.3 is 15.7 Å². The van der Waals surface area contributed by atoms with Crippen molar-refractivity contribution in [1.29, 1.82) is 0 Å². The maximum absolute atomic E-state index is 11.3. The summed E-state index contributed by atoms with van der Waals surface area (Å²) in [5, 5.41) is 14.5. The van der Waals surface area contributed by atoms with Gasteiger partial charge in [-0.2, -0.15) is 0 Å². The third-order valence-corrected chi connectivity index (χ3v) is 2.53. The molecule has 1 saturated carbocycles. The second-order valence-electron chi connectivity index (χ2n) is 4.49. The first-order valence-corrected chi connectivity index (χ1v) is 5.80. The monoisotopic (exact) mass is 228 g/mol. The minimum Gasteiger partial charge on any atom is -0.481 e. The molecular formula is C11H20N2O3. The Morgan fingerprint density at radius 1 is 1.44 bits per heavy atom. The number of carboxylic acids is 1. The van der Waals surface area contributed by atoms with Crippen LogP contribution in [0.3, 0.4) is 0 Å². The zero-order chi connectivity index (χ0) is 12.0. The van der Waals surface area contributed by atoms with Crippen LogP contribution in [0.1, 0.15) is 32.6 Å². The molecule has 0 spiro atoms. The lowest BCUT2D eigenvalue weighted by atomic mass is 10.1. The molecule has 1 unspecified atom stereocenters. The van der Waals surface area contributed by atoms with E-state index in [4.69, 9.17) is 5.11 Å². The van der Waals surface area contributed by atoms with Gasteiger partial charge in [0.25, 0.3) is 0 Å². The molecule has 1 fully saturated rings. The van der Waals surface area contributed by atoms with E-state index in [2.05, 4.69) is 10.6 Å². The van der Waals surface area contributed by atoms with Crippen LogP contribution in [-0.4, -0.2) is 36.1 Å². The Hall–Kier alpha value is -1.10. The molecule has 0 aliphatic heterocycles. The van der Waals surface area contributed by atoms with Gasteiger partial charge in [-0.3, -0.25) is 9.59 Å². The smallest absolute Gasteiger partial charge is 0.303 e. The Morgan fingerprint density at radius 3 is 2.69 bits per heavy atom. The van der Waals surface area contributed by atoms with E-state index in [1.54, 1.807) is 0 Å². The van der Waals surface area contributed by atoms with Crippen molar-refractivity contribution >= 4 is 11.9 Å². The average molecular weight is 228 g/mol. The SMILES string of the molecule is CC(CNC(=O)CCNC1CC1)CC(=O)O. The van der Waals surface area contributed by atoms with Gasteiger partial charge in [0.05, 0.1) is 0 Å². The summed E-state index contributed by atoms with van der Waals surface area (Å²) in [5.74, 6) is -0.847. The van der Waals surface area contributed by atoms with E-state index in [1.807, 2.05) is 6.92 Å². The van der Waals surface area contributed by atoms with Crippen LogP contribution in [0, 0.1) is 5.92 Å². The fourth-order valence-electron chi connectivity index (χ4n) is 1.42. The van der Waals surface area contributed by atoms with Gasteiger partial charge >= 0.3 is 5.97 Å². The van der Waals surface area contributed by atoms with E-state index in [0.717, 1.165) is 0 Å². The third kappa shape index (κ3) is 6.40. The second kappa shape index (κ2) is 6.48. The topological polar surface area (TPSA) is 78.4 Å². The Labute approximate surface area is 95.6 Å². The minimum absolute atomic E-state index is 0.00890. The molecule has 0 aromatic carbocycles. The maximum Gasteiger partial charge on any atom is 0.303 e. The molecular weight excluding hydrogens is 208 g/mol. The molecule has 1 aliphatic rings. The molecule has 0 aromatic rings. The lowest BCUT2D eigenvalue weighted by molar-refractivity contribution is -0.138. The number of amides is 1. The molecule has 0 heterocycles. The Bertz CT molecular complexity index is 252. The van der Waals surface area contributed by atoms with Crippen LogP contribution < -0.4 is 10.6 Å². The maximum atomic E-state index is 11.3. The lowest BCUT2D eigenvalue weighted by Gasteiger charge is -2.10. The number of aliphatic carboxylic acids is 1. The van der Waals surface area contributed by atoms with Gasteiger partial charge in [-0.15, -0.1) is 0 Å². The van der Waals surface area contributed by atoms with Crippen molar-refractivity contribution in [3.8, 4) is 0 Å². The van der Waals surface area contributed by atoms with E-state index >= 15 is 0 Å². The molecule has 1 aliphatic carbocycles. The van der Waals surface area contributed by atoms with Crippen molar-refractivity contribution in [3.05, 3.63) is 0 Å². The summed E-state index contributed by atoms with van der Waals surface area (Å²) in [5.41, 5.74) is 0. The Morgan fingerprint density at radius 2 is 2.12 bits per heavy atom. The van der Waals surface area contributed by atoms with Crippen molar-refractivity contribution < 1.29 is 14.7 Å². The fraction of sp³-hybridized carbons (Fsp3) is 0.818. The fourth-order valence-corrected chi connectivity index (χ4v) is 1.42. The summed E-state index contributed by atoms with van der Waals surface area (Å²) in [7, 11) is 0. The summed E-state index contributed by atoms with van der Waals surface area (Å²) in [6.07, 6.45) is 3.01. The third-order valence-electron chi connectivity index (χ3n) is 2.53. The Balaban J connectivity index is 1.97. The molecule has 0 aromatic heterocycles. The molecule has 16 heavy (non-hydrogen) atoms. The summed E-state index contributed by atoms with van der Waals surface area (Å²) in [4.78, 5) is 21.7. The highest BCUT2D eigenvalue weighted by atomic mass is 16.4. The summed E-state index contributed by atoms with van der Waals surface area (Å²) in [6.45, 7) is 2.97. The van der Waals surface area contributed by atoms with Crippen molar-refractivity contribution in [2.45, 2.75) is 38.6 Å². The first-order chi connectivity index (χ1) is 7.58. The van der Waals surface area contributed by atoms with Crippen LogP contribution in [0.15, 0.2) is 0 Å². The molecule has 3 N–H and O–H groups in total. The summed E-state index contributed by atoms with van der Waals surface area (Å²) in [6, 6.07) is 0.624. The van der Waals surface area contributed by atoms with Gasteiger partial charge in [0.1, 0.15) is 0 Å². The van der Waals surface area contributed by atoms with Gasteiger partial charge in [0.2, 0.25) is 5.91 Å². The van der Waals surface area contributed by atoms with Crippen molar-refractivity contribution in [3.63, 3.8) is 0 Å². The zero-order valence-electron chi connectivity index (χ0n) is 9.66. The summed E-state index contributed by atoms with van der Waals surface area (Å²) < 4.78 is 0. The quantitative estimate of drug-likeness (QED) is 0.560. The van der Waals surface area contributed by atoms with Gasteiger partial charge in [-0.1, -0.05) is 6.92 Å². The van der Waals surface area contributed by atoms with Gasteiger partial charge in [-0.05, 0) is 18.8 Å². The van der Waals surface area contributed by atoms with E-state index < -0.39 is 5.97 Å². The molecule has 0 radical (unpaired) electrons. The van der Waals surface area contributed by atoms with Crippen LogP contribution >= 0.6 is 0 Å². The van der Waals surface area contributed by atoms with Crippen molar-refractivity contribution in [1.82, 2.24) is 10.6 Å². The second-order valence-corrected chi connectivity index (χ2v) is 4.49.